The Bertz CT molecular complexity index is 1480. The summed E-state index contributed by atoms with van der Waals surface area (Å²) in [6.45, 7) is 0. The highest BCUT2D eigenvalue weighted by atomic mass is 35.5. The van der Waals surface area contributed by atoms with E-state index in [4.69, 9.17) is 20.9 Å². The number of halogens is 1. The Balaban J connectivity index is 1.72. The zero-order valence-corrected chi connectivity index (χ0v) is 17.1. The maximum atomic E-state index is 13.2. The van der Waals surface area contributed by atoms with E-state index in [1.807, 2.05) is 18.2 Å². The molecule has 5 rings (SSSR count). The third kappa shape index (κ3) is 3.45. The molecular formula is C23H15ClN4O3. The molecule has 7 nitrogen and oxygen atoms in total. The van der Waals surface area contributed by atoms with E-state index in [1.165, 1.54) is 4.68 Å². The molecule has 0 N–H and O–H groups in total. The van der Waals surface area contributed by atoms with Gasteiger partial charge >= 0.3 is 0 Å². The zero-order chi connectivity index (χ0) is 21.4. The number of nitrogens with zero attached hydrogens (tertiary/aromatic N) is 4. The molecule has 0 spiro atoms. The predicted molar refractivity (Wildman–Crippen MR) is 118 cm³/mol. The Morgan fingerprint density at radius 1 is 0.968 bits per heavy atom. The monoisotopic (exact) mass is 430 g/mol. The van der Waals surface area contributed by atoms with Crippen LogP contribution < -0.4 is 10.3 Å². The standard InChI is InChI=1S/C23H15ClN4O3/c1-30-17-9-5-8-16(13-17)28-23(29)19-11-3-2-10-18(19)20(26-28)22-25-21(27-31-22)14-6-4-7-15(24)12-14/h2-13H,1H3. The van der Waals surface area contributed by atoms with Crippen LogP contribution in [0.1, 0.15) is 0 Å². The summed E-state index contributed by atoms with van der Waals surface area (Å²) in [7, 11) is 1.57. The van der Waals surface area contributed by atoms with Gasteiger partial charge in [-0.1, -0.05) is 53.2 Å². The van der Waals surface area contributed by atoms with Gasteiger partial charge in [0.05, 0.1) is 18.2 Å². The van der Waals surface area contributed by atoms with Gasteiger partial charge in [-0.25, -0.2) is 0 Å². The first kappa shape index (κ1) is 19.0. The van der Waals surface area contributed by atoms with Gasteiger partial charge in [-0.2, -0.15) is 14.8 Å². The highest BCUT2D eigenvalue weighted by molar-refractivity contribution is 6.30. The summed E-state index contributed by atoms with van der Waals surface area (Å²) in [5, 5.41) is 10.3. The minimum Gasteiger partial charge on any atom is -0.497 e. The third-order valence-corrected chi connectivity index (χ3v) is 5.05. The highest BCUT2D eigenvalue weighted by Crippen LogP contribution is 2.27. The number of methoxy groups -OCH3 is 1. The molecule has 8 heteroatoms. The summed E-state index contributed by atoms with van der Waals surface area (Å²) in [6.07, 6.45) is 0. The first-order chi connectivity index (χ1) is 15.1. The van der Waals surface area contributed by atoms with Gasteiger partial charge in [0.2, 0.25) is 5.82 Å². The Morgan fingerprint density at radius 3 is 2.58 bits per heavy atom. The second-order valence-electron chi connectivity index (χ2n) is 6.75. The van der Waals surface area contributed by atoms with E-state index >= 15 is 0 Å². The highest BCUT2D eigenvalue weighted by Gasteiger charge is 2.19. The van der Waals surface area contributed by atoms with Crippen molar-refractivity contribution in [3.63, 3.8) is 0 Å². The molecule has 152 valence electrons. The molecule has 2 heterocycles. The molecule has 3 aromatic carbocycles. The van der Waals surface area contributed by atoms with Crippen LogP contribution in [-0.2, 0) is 0 Å². The largest absolute Gasteiger partial charge is 0.497 e. The van der Waals surface area contributed by atoms with Crippen LogP contribution >= 0.6 is 11.6 Å². The van der Waals surface area contributed by atoms with Crippen LogP contribution in [0.4, 0.5) is 0 Å². The average Bonchev–Trinajstić information content (AvgIpc) is 3.30. The summed E-state index contributed by atoms with van der Waals surface area (Å²) < 4.78 is 12.1. The molecule has 0 aliphatic heterocycles. The van der Waals surface area contributed by atoms with Crippen molar-refractivity contribution in [3.8, 4) is 34.4 Å². The van der Waals surface area contributed by atoms with Crippen LogP contribution in [0.2, 0.25) is 5.02 Å². The zero-order valence-electron chi connectivity index (χ0n) is 16.3. The molecule has 0 amide bonds. The Morgan fingerprint density at radius 2 is 1.77 bits per heavy atom. The lowest BCUT2D eigenvalue weighted by Gasteiger charge is -2.10. The van der Waals surface area contributed by atoms with E-state index in [0.29, 0.717) is 44.3 Å². The molecular weight excluding hydrogens is 416 g/mol. The van der Waals surface area contributed by atoms with E-state index in [9.17, 15) is 4.79 Å². The number of rotatable bonds is 4. The number of hydrogen-bond acceptors (Lipinski definition) is 6. The van der Waals surface area contributed by atoms with Gasteiger partial charge in [0.1, 0.15) is 5.75 Å². The Labute approximate surface area is 181 Å². The van der Waals surface area contributed by atoms with E-state index in [1.54, 1.807) is 61.7 Å². The minimum atomic E-state index is -0.262. The van der Waals surface area contributed by atoms with Crippen molar-refractivity contribution in [3.05, 3.63) is 88.2 Å². The van der Waals surface area contributed by atoms with Gasteiger partial charge in [0, 0.05) is 22.0 Å². The van der Waals surface area contributed by atoms with Crippen LogP contribution in [0.25, 0.3) is 39.4 Å². The number of fused-ring (bicyclic) bond motifs is 1. The van der Waals surface area contributed by atoms with E-state index < -0.39 is 0 Å². The van der Waals surface area contributed by atoms with Gasteiger partial charge in [-0.05, 0) is 30.3 Å². The maximum absolute atomic E-state index is 13.2. The summed E-state index contributed by atoms with van der Waals surface area (Å²) in [4.78, 5) is 17.7. The molecule has 0 saturated carbocycles. The van der Waals surface area contributed by atoms with Crippen molar-refractivity contribution in [2.24, 2.45) is 0 Å². The van der Waals surface area contributed by atoms with Gasteiger partial charge < -0.3 is 9.26 Å². The smallest absolute Gasteiger partial charge is 0.279 e. The van der Waals surface area contributed by atoms with Crippen LogP contribution in [0.3, 0.4) is 0 Å². The molecule has 0 aliphatic carbocycles. The second-order valence-corrected chi connectivity index (χ2v) is 7.18. The SMILES string of the molecule is COc1cccc(-n2nc(-c3nc(-c4cccc(Cl)c4)no3)c3ccccc3c2=O)c1. The molecule has 5 aromatic rings. The fourth-order valence-corrected chi connectivity index (χ4v) is 3.52. The van der Waals surface area contributed by atoms with Crippen molar-refractivity contribution >= 4 is 22.4 Å². The lowest BCUT2D eigenvalue weighted by Crippen LogP contribution is -2.22. The number of ether oxygens (including phenoxy) is 1. The van der Waals surface area contributed by atoms with Crippen LogP contribution in [0, 0.1) is 0 Å². The summed E-state index contributed by atoms with van der Waals surface area (Å²) in [6, 6.07) is 21.4. The third-order valence-electron chi connectivity index (χ3n) is 4.81. The number of hydrogen-bond donors (Lipinski definition) is 0. The van der Waals surface area contributed by atoms with Gasteiger partial charge in [-0.15, -0.1) is 0 Å². The molecule has 0 fully saturated rings. The van der Waals surface area contributed by atoms with Gasteiger partial charge in [-0.3, -0.25) is 4.79 Å². The molecule has 31 heavy (non-hydrogen) atoms. The molecule has 2 aromatic heterocycles. The van der Waals surface area contributed by atoms with E-state index in [-0.39, 0.29) is 11.4 Å². The lowest BCUT2D eigenvalue weighted by molar-refractivity contribution is 0.414. The van der Waals surface area contributed by atoms with E-state index in [0.717, 1.165) is 0 Å². The molecule has 0 atom stereocenters. The number of aromatic nitrogens is 4. The molecule has 0 unspecified atom stereocenters. The van der Waals surface area contributed by atoms with Crippen molar-refractivity contribution < 1.29 is 9.26 Å². The molecule has 0 aliphatic rings. The molecule has 0 radical (unpaired) electrons. The fourth-order valence-electron chi connectivity index (χ4n) is 3.33. The van der Waals surface area contributed by atoms with Crippen molar-refractivity contribution in [2.45, 2.75) is 0 Å². The van der Waals surface area contributed by atoms with Gasteiger partial charge in [0.15, 0.2) is 5.69 Å². The quantitative estimate of drug-likeness (QED) is 0.408. The minimum absolute atomic E-state index is 0.197. The van der Waals surface area contributed by atoms with Gasteiger partial charge in [0.25, 0.3) is 11.4 Å². The Hall–Kier alpha value is -3.97. The van der Waals surface area contributed by atoms with Crippen LogP contribution in [-0.4, -0.2) is 27.0 Å². The first-order valence-electron chi connectivity index (χ1n) is 9.40. The summed E-state index contributed by atoms with van der Waals surface area (Å²) in [5.74, 6) is 1.19. The lowest BCUT2D eigenvalue weighted by atomic mass is 10.1. The fraction of sp³-hybridized carbons (Fsp3) is 0.0435. The summed E-state index contributed by atoms with van der Waals surface area (Å²) in [5.41, 5.74) is 1.42. The molecule has 0 saturated heterocycles. The van der Waals surface area contributed by atoms with Crippen LogP contribution in [0.5, 0.6) is 5.75 Å². The van der Waals surface area contributed by atoms with Crippen molar-refractivity contribution in [2.75, 3.05) is 7.11 Å². The summed E-state index contributed by atoms with van der Waals surface area (Å²) >= 11 is 6.08. The maximum Gasteiger partial charge on any atom is 0.279 e. The topological polar surface area (TPSA) is 83.0 Å². The van der Waals surface area contributed by atoms with Crippen LogP contribution in [0.15, 0.2) is 82.1 Å². The predicted octanol–water partition coefficient (Wildman–Crippen LogP) is 4.76. The van der Waals surface area contributed by atoms with Crippen molar-refractivity contribution in [1.29, 1.82) is 0 Å². The first-order valence-corrected chi connectivity index (χ1v) is 9.78. The average molecular weight is 431 g/mol. The number of benzene rings is 3. The van der Waals surface area contributed by atoms with E-state index in [2.05, 4.69) is 15.2 Å². The second kappa shape index (κ2) is 7.70. The molecule has 0 bridgehead atoms. The normalized spacial score (nSPS) is 11.0. The Kier molecular flexibility index (Phi) is 4.72. The van der Waals surface area contributed by atoms with Crippen molar-refractivity contribution in [1.82, 2.24) is 19.9 Å².